The van der Waals surface area contributed by atoms with E-state index >= 15 is 0 Å². The van der Waals surface area contributed by atoms with Crippen molar-refractivity contribution in [1.29, 1.82) is 0 Å². The highest BCUT2D eigenvalue weighted by Crippen LogP contribution is 2.21. The second kappa shape index (κ2) is 6.85. The summed E-state index contributed by atoms with van der Waals surface area (Å²) < 4.78 is 0. The van der Waals surface area contributed by atoms with E-state index in [9.17, 15) is 4.79 Å². The quantitative estimate of drug-likeness (QED) is 0.869. The standard InChI is InChI=1S/C17H20N2OS/c20-17(12-16-7-4-10-21-16)19-9-3-5-14(13-19)11-15-6-1-2-8-18-15/h1-2,4,6-8,10,14H,3,5,9,11-13H2. The lowest BCUT2D eigenvalue weighted by Crippen LogP contribution is -2.41. The van der Waals surface area contributed by atoms with Crippen LogP contribution in [-0.2, 0) is 17.6 Å². The van der Waals surface area contributed by atoms with Crippen molar-refractivity contribution in [1.82, 2.24) is 9.88 Å². The maximum atomic E-state index is 12.4. The van der Waals surface area contributed by atoms with Crippen molar-refractivity contribution in [2.75, 3.05) is 13.1 Å². The van der Waals surface area contributed by atoms with Crippen LogP contribution in [-0.4, -0.2) is 28.9 Å². The molecule has 0 aliphatic carbocycles. The monoisotopic (exact) mass is 300 g/mol. The first-order chi connectivity index (χ1) is 10.3. The predicted octanol–water partition coefficient (Wildman–Crippen LogP) is 3.17. The van der Waals surface area contributed by atoms with Crippen molar-refractivity contribution in [3.63, 3.8) is 0 Å². The number of aromatic nitrogens is 1. The molecule has 0 radical (unpaired) electrons. The van der Waals surface area contributed by atoms with Crippen LogP contribution in [0.2, 0.25) is 0 Å². The van der Waals surface area contributed by atoms with Crippen LogP contribution in [0.25, 0.3) is 0 Å². The van der Waals surface area contributed by atoms with Crippen molar-refractivity contribution < 1.29 is 4.79 Å². The van der Waals surface area contributed by atoms with Gasteiger partial charge in [0, 0.05) is 29.9 Å². The Morgan fingerprint density at radius 2 is 2.29 bits per heavy atom. The van der Waals surface area contributed by atoms with E-state index in [2.05, 4.69) is 11.1 Å². The van der Waals surface area contributed by atoms with Crippen molar-refractivity contribution in [2.45, 2.75) is 25.7 Å². The molecule has 3 nitrogen and oxygen atoms in total. The lowest BCUT2D eigenvalue weighted by molar-refractivity contribution is -0.132. The molecular weight excluding hydrogens is 280 g/mol. The Kier molecular flexibility index (Phi) is 4.65. The third kappa shape index (κ3) is 3.91. The number of thiophene rings is 1. The van der Waals surface area contributed by atoms with Crippen molar-refractivity contribution in [3.8, 4) is 0 Å². The van der Waals surface area contributed by atoms with E-state index in [0.29, 0.717) is 12.3 Å². The highest BCUT2D eigenvalue weighted by molar-refractivity contribution is 7.10. The van der Waals surface area contributed by atoms with Gasteiger partial charge < -0.3 is 4.90 Å². The van der Waals surface area contributed by atoms with Crippen LogP contribution in [0.4, 0.5) is 0 Å². The van der Waals surface area contributed by atoms with Gasteiger partial charge in [0.25, 0.3) is 0 Å². The van der Waals surface area contributed by atoms with E-state index in [-0.39, 0.29) is 5.91 Å². The van der Waals surface area contributed by atoms with Crippen molar-refractivity contribution in [3.05, 3.63) is 52.5 Å². The molecule has 0 aromatic carbocycles. The Balaban J connectivity index is 1.56. The maximum Gasteiger partial charge on any atom is 0.227 e. The fourth-order valence-corrected chi connectivity index (χ4v) is 3.64. The minimum Gasteiger partial charge on any atom is -0.342 e. The molecule has 1 aliphatic heterocycles. The Hall–Kier alpha value is -1.68. The summed E-state index contributed by atoms with van der Waals surface area (Å²) in [6, 6.07) is 10.1. The molecule has 1 fully saturated rings. The Morgan fingerprint density at radius 3 is 3.05 bits per heavy atom. The molecule has 1 atom stereocenters. The molecule has 2 aromatic heterocycles. The summed E-state index contributed by atoms with van der Waals surface area (Å²) in [6.07, 6.45) is 5.67. The van der Waals surface area contributed by atoms with Gasteiger partial charge in [-0.15, -0.1) is 11.3 Å². The molecule has 0 saturated carbocycles. The number of pyridine rings is 1. The van der Waals surface area contributed by atoms with Gasteiger partial charge in [-0.1, -0.05) is 12.1 Å². The van der Waals surface area contributed by atoms with E-state index in [1.54, 1.807) is 11.3 Å². The van der Waals surface area contributed by atoms with E-state index in [4.69, 9.17) is 0 Å². The first-order valence-corrected chi connectivity index (χ1v) is 8.39. The number of carbonyl (C=O) groups excluding carboxylic acids is 1. The average Bonchev–Trinajstić information content (AvgIpc) is 3.01. The molecule has 1 unspecified atom stereocenters. The van der Waals surface area contributed by atoms with Crippen molar-refractivity contribution in [2.24, 2.45) is 5.92 Å². The lowest BCUT2D eigenvalue weighted by Gasteiger charge is -2.32. The fraction of sp³-hybridized carbons (Fsp3) is 0.412. The van der Waals surface area contributed by atoms with Gasteiger partial charge in [0.05, 0.1) is 6.42 Å². The molecule has 110 valence electrons. The number of hydrogen-bond acceptors (Lipinski definition) is 3. The van der Waals surface area contributed by atoms with Crippen LogP contribution in [0.15, 0.2) is 41.9 Å². The highest BCUT2D eigenvalue weighted by Gasteiger charge is 2.24. The number of carbonyl (C=O) groups is 1. The summed E-state index contributed by atoms with van der Waals surface area (Å²) in [5.41, 5.74) is 1.13. The number of hydrogen-bond donors (Lipinski definition) is 0. The summed E-state index contributed by atoms with van der Waals surface area (Å²) in [5, 5.41) is 2.03. The van der Waals surface area contributed by atoms with Crippen LogP contribution in [0.5, 0.6) is 0 Å². The molecule has 2 aromatic rings. The molecular formula is C17H20N2OS. The van der Waals surface area contributed by atoms with Crippen LogP contribution >= 0.6 is 11.3 Å². The zero-order chi connectivity index (χ0) is 14.5. The third-order valence-corrected chi connectivity index (χ3v) is 4.88. The SMILES string of the molecule is O=C(Cc1cccs1)N1CCCC(Cc2ccccn2)C1. The van der Waals surface area contributed by atoms with Gasteiger partial charge >= 0.3 is 0 Å². The molecule has 0 bridgehead atoms. The van der Waals surface area contributed by atoms with Crippen LogP contribution in [0, 0.1) is 5.92 Å². The largest absolute Gasteiger partial charge is 0.342 e. The lowest BCUT2D eigenvalue weighted by atomic mass is 9.93. The summed E-state index contributed by atoms with van der Waals surface area (Å²) in [7, 11) is 0. The molecule has 4 heteroatoms. The molecule has 3 heterocycles. The third-order valence-electron chi connectivity index (χ3n) is 4.00. The predicted molar refractivity (Wildman–Crippen MR) is 85.3 cm³/mol. The zero-order valence-corrected chi connectivity index (χ0v) is 12.9. The first-order valence-electron chi connectivity index (χ1n) is 7.51. The first kappa shape index (κ1) is 14.3. The van der Waals surface area contributed by atoms with Gasteiger partial charge in [-0.05, 0) is 48.8 Å². The smallest absolute Gasteiger partial charge is 0.227 e. The fourth-order valence-electron chi connectivity index (χ4n) is 2.95. The molecule has 1 amide bonds. The van der Waals surface area contributed by atoms with Gasteiger partial charge in [0.1, 0.15) is 0 Å². The van der Waals surface area contributed by atoms with E-state index in [1.165, 1.54) is 6.42 Å². The molecule has 21 heavy (non-hydrogen) atoms. The molecule has 1 aliphatic rings. The van der Waals surface area contributed by atoms with Gasteiger partial charge in [0.15, 0.2) is 0 Å². The number of rotatable bonds is 4. The number of amides is 1. The number of piperidine rings is 1. The Bertz CT molecular complexity index is 568. The van der Waals surface area contributed by atoms with Gasteiger partial charge in [0.2, 0.25) is 5.91 Å². The number of likely N-dealkylation sites (tertiary alicyclic amines) is 1. The second-order valence-electron chi connectivity index (χ2n) is 5.63. The van der Waals surface area contributed by atoms with Crippen LogP contribution < -0.4 is 0 Å². The molecule has 1 saturated heterocycles. The van der Waals surface area contributed by atoms with Crippen LogP contribution in [0.1, 0.15) is 23.4 Å². The van der Waals surface area contributed by atoms with Gasteiger partial charge in [-0.25, -0.2) is 0 Å². The Morgan fingerprint density at radius 1 is 1.33 bits per heavy atom. The van der Waals surface area contributed by atoms with Gasteiger partial charge in [-0.2, -0.15) is 0 Å². The molecule has 3 rings (SSSR count). The normalized spacial score (nSPS) is 18.7. The average molecular weight is 300 g/mol. The zero-order valence-electron chi connectivity index (χ0n) is 12.1. The van der Waals surface area contributed by atoms with E-state index < -0.39 is 0 Å². The van der Waals surface area contributed by atoms with Gasteiger partial charge in [-0.3, -0.25) is 9.78 Å². The molecule has 0 N–H and O–H groups in total. The maximum absolute atomic E-state index is 12.4. The topological polar surface area (TPSA) is 33.2 Å². The summed E-state index contributed by atoms with van der Waals surface area (Å²) in [5.74, 6) is 0.809. The highest BCUT2D eigenvalue weighted by atomic mass is 32.1. The second-order valence-corrected chi connectivity index (χ2v) is 6.66. The summed E-state index contributed by atoms with van der Waals surface area (Å²) >= 11 is 1.66. The Labute approximate surface area is 129 Å². The summed E-state index contributed by atoms with van der Waals surface area (Å²) in [6.45, 7) is 1.78. The minimum absolute atomic E-state index is 0.267. The summed E-state index contributed by atoms with van der Waals surface area (Å²) in [4.78, 5) is 20.0. The van der Waals surface area contributed by atoms with E-state index in [1.807, 2.05) is 40.7 Å². The molecule has 0 spiro atoms. The number of nitrogens with zero attached hydrogens (tertiary/aromatic N) is 2. The van der Waals surface area contributed by atoms with Crippen molar-refractivity contribution >= 4 is 17.2 Å². The van der Waals surface area contributed by atoms with E-state index in [0.717, 1.165) is 36.5 Å². The minimum atomic E-state index is 0.267. The van der Waals surface area contributed by atoms with Crippen LogP contribution in [0.3, 0.4) is 0 Å².